The molecule has 1 aromatic heterocycles. The van der Waals surface area contributed by atoms with Crippen LogP contribution in [0.15, 0.2) is 49.2 Å². The molecule has 1 heterocycles. The molecule has 4 heteroatoms. The van der Waals surface area contributed by atoms with Crippen molar-refractivity contribution in [1.82, 2.24) is 5.32 Å². The van der Waals surface area contributed by atoms with E-state index < -0.39 is 0 Å². The smallest absolute Gasteiger partial charge is 0.114 e. The predicted octanol–water partition coefficient (Wildman–Crippen LogP) is 5.17. The van der Waals surface area contributed by atoms with E-state index in [0.29, 0.717) is 6.04 Å². The number of nitrogens with one attached hydrogen (secondary N) is 1. The second kappa shape index (κ2) is 6.64. The van der Waals surface area contributed by atoms with Crippen LogP contribution in [-0.4, -0.2) is 6.54 Å². The maximum Gasteiger partial charge on any atom is 0.114 e. The first kappa shape index (κ1) is 14.7. The van der Waals surface area contributed by atoms with Gasteiger partial charge in [0.15, 0.2) is 0 Å². The van der Waals surface area contributed by atoms with Crippen LogP contribution in [0.25, 0.3) is 0 Å². The summed E-state index contributed by atoms with van der Waals surface area (Å²) in [5.41, 5.74) is 1.29. The van der Waals surface area contributed by atoms with E-state index >= 15 is 0 Å². The molecule has 0 spiro atoms. The summed E-state index contributed by atoms with van der Waals surface area (Å²) in [6.45, 7) is 7.26. The minimum atomic E-state index is 0.371. The molecule has 0 amide bonds. The van der Waals surface area contributed by atoms with Gasteiger partial charge in [-0.15, -0.1) is 0 Å². The molecule has 0 saturated heterocycles. The Labute approximate surface area is 127 Å². The van der Waals surface area contributed by atoms with Gasteiger partial charge in [-0.05, 0) is 60.1 Å². The highest BCUT2D eigenvalue weighted by molar-refractivity contribution is 9.10. The molecule has 0 bridgehead atoms. The Kier molecular flexibility index (Phi) is 5.13. The second-order valence-electron chi connectivity index (χ2n) is 4.41. The molecule has 19 heavy (non-hydrogen) atoms. The molecule has 0 saturated carbocycles. The number of benzene rings is 1. The molecule has 102 valence electrons. The summed E-state index contributed by atoms with van der Waals surface area (Å²) < 4.78 is 6.45. The average molecular weight is 340 g/mol. The van der Waals surface area contributed by atoms with Crippen molar-refractivity contribution in [1.29, 1.82) is 0 Å². The minimum Gasteiger partial charge on any atom is -0.468 e. The Hall–Kier alpha value is -0.710. The molecular weight excluding hydrogens is 322 g/mol. The summed E-state index contributed by atoms with van der Waals surface area (Å²) in [6.07, 6.45) is 1.73. The Bertz CT molecular complexity index is 553. The topological polar surface area (TPSA) is 25.2 Å². The van der Waals surface area contributed by atoms with Gasteiger partial charge >= 0.3 is 0 Å². The quantitative estimate of drug-likeness (QED) is 0.813. The summed E-state index contributed by atoms with van der Waals surface area (Å²) in [7, 11) is 0. The van der Waals surface area contributed by atoms with Crippen molar-refractivity contribution in [2.75, 3.05) is 6.54 Å². The molecule has 1 unspecified atom stereocenters. The summed E-state index contributed by atoms with van der Waals surface area (Å²) in [5.74, 6) is 0.960. The van der Waals surface area contributed by atoms with E-state index in [-0.39, 0.29) is 0 Å². The largest absolute Gasteiger partial charge is 0.468 e. The lowest BCUT2D eigenvalue weighted by molar-refractivity contribution is 0.527. The first-order chi connectivity index (χ1) is 9.11. The zero-order chi connectivity index (χ0) is 13.8. The average Bonchev–Trinajstić information content (AvgIpc) is 2.78. The normalized spacial score (nSPS) is 12.6. The molecule has 1 atom stereocenters. The van der Waals surface area contributed by atoms with E-state index in [1.165, 1.54) is 10.5 Å². The van der Waals surface area contributed by atoms with Crippen LogP contribution >= 0.6 is 27.7 Å². The number of aryl methyl sites for hydroxylation is 1. The van der Waals surface area contributed by atoms with E-state index in [1.807, 2.05) is 13.0 Å². The van der Waals surface area contributed by atoms with Gasteiger partial charge in [0.25, 0.3) is 0 Å². The van der Waals surface area contributed by atoms with Gasteiger partial charge in [-0.25, -0.2) is 0 Å². The number of halogens is 1. The van der Waals surface area contributed by atoms with Crippen molar-refractivity contribution in [3.05, 3.63) is 46.3 Å². The molecule has 2 nitrogen and oxygen atoms in total. The molecule has 0 aliphatic rings. The van der Waals surface area contributed by atoms with E-state index in [1.54, 1.807) is 18.0 Å². The van der Waals surface area contributed by atoms with Crippen LogP contribution in [0.1, 0.15) is 31.2 Å². The van der Waals surface area contributed by atoms with Gasteiger partial charge in [-0.3, -0.25) is 0 Å². The van der Waals surface area contributed by atoms with Gasteiger partial charge in [0, 0.05) is 15.4 Å². The summed E-state index contributed by atoms with van der Waals surface area (Å²) >= 11 is 5.38. The van der Waals surface area contributed by atoms with Crippen LogP contribution in [0, 0.1) is 6.92 Å². The Morgan fingerprint density at radius 3 is 2.68 bits per heavy atom. The zero-order valence-corrected chi connectivity index (χ0v) is 13.8. The number of furan rings is 1. The predicted molar refractivity (Wildman–Crippen MR) is 83.8 cm³/mol. The van der Waals surface area contributed by atoms with Gasteiger partial charge in [-0.2, -0.15) is 0 Å². The van der Waals surface area contributed by atoms with Crippen molar-refractivity contribution in [2.45, 2.75) is 36.6 Å². The van der Waals surface area contributed by atoms with E-state index in [2.05, 4.69) is 53.3 Å². The molecule has 2 rings (SSSR count). The fourth-order valence-electron chi connectivity index (χ4n) is 1.89. The highest BCUT2D eigenvalue weighted by Gasteiger charge is 2.10. The molecular formula is C15H18BrNOS. The van der Waals surface area contributed by atoms with E-state index in [4.69, 9.17) is 4.42 Å². The first-order valence-electron chi connectivity index (χ1n) is 6.36. The highest BCUT2D eigenvalue weighted by Crippen LogP contribution is 2.36. The summed E-state index contributed by atoms with van der Waals surface area (Å²) in [4.78, 5) is 2.37. The number of hydrogen-bond donors (Lipinski definition) is 1. The Morgan fingerprint density at radius 1 is 1.32 bits per heavy atom. The Balaban J connectivity index is 2.18. The molecule has 2 aromatic rings. The minimum absolute atomic E-state index is 0.371. The second-order valence-corrected chi connectivity index (χ2v) is 6.35. The van der Waals surface area contributed by atoms with E-state index in [9.17, 15) is 0 Å². The van der Waals surface area contributed by atoms with Gasteiger partial charge in [0.05, 0.1) is 11.2 Å². The summed E-state index contributed by atoms with van der Waals surface area (Å²) in [6, 6.07) is 8.89. The fraction of sp³-hybridized carbons (Fsp3) is 0.333. The van der Waals surface area contributed by atoms with Crippen LogP contribution in [0.5, 0.6) is 0 Å². The third-order valence-corrected chi connectivity index (χ3v) is 5.14. The van der Waals surface area contributed by atoms with Gasteiger partial charge in [-0.1, -0.05) is 24.8 Å². The van der Waals surface area contributed by atoms with Crippen LogP contribution in [0.4, 0.5) is 0 Å². The number of rotatable bonds is 5. The fourth-order valence-corrected chi connectivity index (χ4v) is 3.38. The van der Waals surface area contributed by atoms with Crippen LogP contribution in [-0.2, 0) is 0 Å². The van der Waals surface area contributed by atoms with Crippen LogP contribution < -0.4 is 5.32 Å². The molecule has 0 aliphatic heterocycles. The maximum atomic E-state index is 5.32. The lowest BCUT2D eigenvalue weighted by atomic mass is 10.1. The molecule has 0 radical (unpaired) electrons. The third kappa shape index (κ3) is 3.65. The lowest BCUT2D eigenvalue weighted by Crippen LogP contribution is -2.17. The van der Waals surface area contributed by atoms with Crippen molar-refractivity contribution >= 4 is 27.7 Å². The van der Waals surface area contributed by atoms with Crippen molar-refractivity contribution in [2.24, 2.45) is 0 Å². The highest BCUT2D eigenvalue weighted by atomic mass is 79.9. The summed E-state index contributed by atoms with van der Waals surface area (Å²) in [5, 5.41) is 3.42. The van der Waals surface area contributed by atoms with Gasteiger partial charge in [0.1, 0.15) is 5.76 Å². The molecule has 0 aliphatic carbocycles. The Morgan fingerprint density at radius 2 is 2.11 bits per heavy atom. The molecule has 1 N–H and O–H groups in total. The van der Waals surface area contributed by atoms with Gasteiger partial charge < -0.3 is 9.73 Å². The first-order valence-corrected chi connectivity index (χ1v) is 7.97. The monoisotopic (exact) mass is 339 g/mol. The number of hydrogen-bond acceptors (Lipinski definition) is 3. The maximum absolute atomic E-state index is 5.32. The SMILES string of the molecule is CCNC(C)c1ccc(Sc2ccoc2C)c(Br)c1. The third-order valence-electron chi connectivity index (χ3n) is 3.00. The standard InChI is InChI=1S/C15H18BrNOS/c1-4-17-10(2)12-5-6-15(13(16)9-12)19-14-7-8-18-11(14)3/h5-10,17H,4H2,1-3H3. The molecule has 0 fully saturated rings. The molecule has 1 aromatic carbocycles. The van der Waals surface area contributed by atoms with Crippen molar-refractivity contribution in [3.63, 3.8) is 0 Å². The van der Waals surface area contributed by atoms with Crippen LogP contribution in [0.2, 0.25) is 0 Å². The zero-order valence-electron chi connectivity index (χ0n) is 11.4. The van der Waals surface area contributed by atoms with E-state index in [0.717, 1.165) is 21.7 Å². The lowest BCUT2D eigenvalue weighted by Gasteiger charge is -2.14. The van der Waals surface area contributed by atoms with Crippen LogP contribution in [0.3, 0.4) is 0 Å². The van der Waals surface area contributed by atoms with Crippen molar-refractivity contribution < 1.29 is 4.42 Å². The van der Waals surface area contributed by atoms with Gasteiger partial charge in [0.2, 0.25) is 0 Å². The van der Waals surface area contributed by atoms with Crippen molar-refractivity contribution in [3.8, 4) is 0 Å².